The van der Waals surface area contributed by atoms with Crippen molar-refractivity contribution in [2.75, 3.05) is 0 Å². The number of hydrogen-bond donors (Lipinski definition) is 0. The Balaban J connectivity index is 4.43. The molecule has 0 aliphatic rings. The van der Waals surface area contributed by atoms with Crippen molar-refractivity contribution in [1.29, 1.82) is 0 Å². The standard InChI is InChI=1S/C20H37N/c1-5-9-12-14-16-19(17-15-13-10-6-2)20(8-4)21-18-11-7-3/h7-8,11,18-19H,5-6,9-10,12-17H2,1-4H3/b11-7-,20-8-,21-18-. The van der Waals surface area contributed by atoms with Crippen molar-refractivity contribution < 1.29 is 0 Å². The molecule has 0 aromatic rings. The number of rotatable bonds is 13. The molecule has 0 spiro atoms. The van der Waals surface area contributed by atoms with E-state index in [0.717, 1.165) is 0 Å². The van der Waals surface area contributed by atoms with E-state index in [9.17, 15) is 0 Å². The van der Waals surface area contributed by atoms with Crippen LogP contribution in [-0.2, 0) is 0 Å². The summed E-state index contributed by atoms with van der Waals surface area (Å²) < 4.78 is 0. The number of allylic oxidation sites excluding steroid dienone is 4. The molecule has 0 aliphatic carbocycles. The Morgan fingerprint density at radius 2 is 1.43 bits per heavy atom. The summed E-state index contributed by atoms with van der Waals surface area (Å²) in [6.07, 6.45) is 21.6. The Labute approximate surface area is 133 Å². The minimum absolute atomic E-state index is 0.658. The fraction of sp³-hybridized carbons (Fsp3) is 0.750. The first-order valence-electron chi connectivity index (χ1n) is 9.11. The number of nitrogens with zero attached hydrogens (tertiary/aromatic N) is 1. The summed E-state index contributed by atoms with van der Waals surface area (Å²) in [5.74, 6) is 0.658. The minimum atomic E-state index is 0.658. The van der Waals surface area contributed by atoms with E-state index < -0.39 is 0 Å². The maximum Gasteiger partial charge on any atom is 0.0391 e. The van der Waals surface area contributed by atoms with E-state index in [2.05, 4.69) is 31.8 Å². The Morgan fingerprint density at radius 3 is 1.86 bits per heavy atom. The second kappa shape index (κ2) is 15.5. The molecule has 0 rings (SSSR count). The maximum absolute atomic E-state index is 4.68. The van der Waals surface area contributed by atoms with E-state index in [1.54, 1.807) is 0 Å². The van der Waals surface area contributed by atoms with Crippen LogP contribution in [0.15, 0.2) is 28.9 Å². The van der Waals surface area contributed by atoms with Gasteiger partial charge < -0.3 is 0 Å². The van der Waals surface area contributed by atoms with Gasteiger partial charge in [-0.25, -0.2) is 0 Å². The summed E-state index contributed by atoms with van der Waals surface area (Å²) in [4.78, 5) is 4.68. The zero-order valence-electron chi connectivity index (χ0n) is 14.9. The highest BCUT2D eigenvalue weighted by molar-refractivity contribution is 5.72. The first-order valence-corrected chi connectivity index (χ1v) is 9.11. The quantitative estimate of drug-likeness (QED) is 0.253. The average molecular weight is 292 g/mol. The summed E-state index contributed by atoms with van der Waals surface area (Å²) in [5.41, 5.74) is 1.29. The highest BCUT2D eigenvalue weighted by Crippen LogP contribution is 2.26. The van der Waals surface area contributed by atoms with Gasteiger partial charge in [0.05, 0.1) is 0 Å². The lowest BCUT2D eigenvalue weighted by Gasteiger charge is -2.17. The molecule has 0 saturated heterocycles. The van der Waals surface area contributed by atoms with Gasteiger partial charge >= 0.3 is 0 Å². The molecule has 21 heavy (non-hydrogen) atoms. The van der Waals surface area contributed by atoms with Gasteiger partial charge in [-0.3, -0.25) is 4.99 Å². The lowest BCUT2D eigenvalue weighted by Crippen LogP contribution is -2.04. The molecule has 0 atom stereocenters. The van der Waals surface area contributed by atoms with E-state index in [-0.39, 0.29) is 0 Å². The molecular formula is C20H37N. The van der Waals surface area contributed by atoms with Gasteiger partial charge in [0.25, 0.3) is 0 Å². The van der Waals surface area contributed by atoms with E-state index in [1.807, 2.05) is 25.3 Å². The molecule has 0 N–H and O–H groups in total. The summed E-state index contributed by atoms with van der Waals surface area (Å²) in [6.45, 7) is 8.73. The van der Waals surface area contributed by atoms with Crippen LogP contribution in [0.4, 0.5) is 0 Å². The molecule has 0 fully saturated rings. The van der Waals surface area contributed by atoms with Crippen LogP contribution < -0.4 is 0 Å². The van der Waals surface area contributed by atoms with Gasteiger partial charge in [-0.05, 0) is 32.8 Å². The second-order valence-electron chi connectivity index (χ2n) is 5.91. The zero-order valence-corrected chi connectivity index (χ0v) is 14.9. The highest BCUT2D eigenvalue weighted by atomic mass is 14.7. The van der Waals surface area contributed by atoms with Crippen LogP contribution in [0.3, 0.4) is 0 Å². The van der Waals surface area contributed by atoms with Crippen LogP contribution in [0, 0.1) is 5.92 Å². The van der Waals surface area contributed by atoms with Crippen LogP contribution in [0.25, 0.3) is 0 Å². The number of unbranched alkanes of at least 4 members (excludes halogenated alkanes) is 6. The molecular weight excluding hydrogens is 254 g/mol. The third kappa shape index (κ3) is 11.5. The molecule has 0 saturated carbocycles. The minimum Gasteiger partial charge on any atom is -0.261 e. The second-order valence-corrected chi connectivity index (χ2v) is 5.91. The van der Waals surface area contributed by atoms with Gasteiger partial charge in [-0.15, -0.1) is 0 Å². The van der Waals surface area contributed by atoms with E-state index in [1.165, 1.54) is 69.9 Å². The molecule has 122 valence electrons. The molecule has 0 aromatic carbocycles. The lowest BCUT2D eigenvalue weighted by molar-refractivity contribution is 0.452. The average Bonchev–Trinajstić information content (AvgIpc) is 2.50. The van der Waals surface area contributed by atoms with Crippen molar-refractivity contribution in [3.8, 4) is 0 Å². The van der Waals surface area contributed by atoms with Crippen molar-refractivity contribution in [2.45, 2.75) is 91.9 Å². The first kappa shape index (κ1) is 20.1. The summed E-state index contributed by atoms with van der Waals surface area (Å²) in [7, 11) is 0. The predicted octanol–water partition coefficient (Wildman–Crippen LogP) is 7.09. The molecule has 0 aliphatic heterocycles. The Hall–Kier alpha value is -0.850. The molecule has 0 bridgehead atoms. The van der Waals surface area contributed by atoms with Crippen molar-refractivity contribution in [3.63, 3.8) is 0 Å². The van der Waals surface area contributed by atoms with Gasteiger partial charge in [0.1, 0.15) is 0 Å². The highest BCUT2D eigenvalue weighted by Gasteiger charge is 2.12. The SMILES string of the molecule is C\C=C/C=N\C(=C/C)C(CCCCCC)CCCCCC. The lowest BCUT2D eigenvalue weighted by atomic mass is 9.91. The molecule has 0 amide bonds. The van der Waals surface area contributed by atoms with E-state index in [0.29, 0.717) is 5.92 Å². The molecule has 1 nitrogen and oxygen atoms in total. The van der Waals surface area contributed by atoms with Gasteiger partial charge in [-0.2, -0.15) is 0 Å². The van der Waals surface area contributed by atoms with Crippen molar-refractivity contribution in [1.82, 2.24) is 0 Å². The van der Waals surface area contributed by atoms with Crippen molar-refractivity contribution in [2.24, 2.45) is 10.9 Å². The van der Waals surface area contributed by atoms with E-state index in [4.69, 9.17) is 0 Å². The van der Waals surface area contributed by atoms with Crippen LogP contribution in [-0.4, -0.2) is 6.21 Å². The van der Waals surface area contributed by atoms with Crippen LogP contribution in [0.1, 0.15) is 91.9 Å². The topological polar surface area (TPSA) is 12.4 Å². The summed E-state index contributed by atoms with van der Waals surface area (Å²) >= 11 is 0. The van der Waals surface area contributed by atoms with Crippen LogP contribution in [0.5, 0.6) is 0 Å². The van der Waals surface area contributed by atoms with Gasteiger partial charge in [-0.1, -0.05) is 77.4 Å². The third-order valence-corrected chi connectivity index (χ3v) is 4.03. The Morgan fingerprint density at radius 1 is 0.857 bits per heavy atom. The normalized spacial score (nSPS) is 13.1. The number of hydrogen-bond acceptors (Lipinski definition) is 1. The Bertz CT molecular complexity index is 287. The largest absolute Gasteiger partial charge is 0.261 e. The molecule has 0 aromatic heterocycles. The van der Waals surface area contributed by atoms with Crippen molar-refractivity contribution in [3.05, 3.63) is 23.9 Å². The summed E-state index contributed by atoms with van der Waals surface area (Å²) in [6, 6.07) is 0. The molecule has 1 heteroatoms. The van der Waals surface area contributed by atoms with Crippen molar-refractivity contribution >= 4 is 6.21 Å². The summed E-state index contributed by atoms with van der Waals surface area (Å²) in [5, 5.41) is 0. The monoisotopic (exact) mass is 291 g/mol. The van der Waals surface area contributed by atoms with Gasteiger partial charge in [0, 0.05) is 17.8 Å². The molecule has 0 radical (unpaired) electrons. The predicted molar refractivity (Wildman–Crippen MR) is 98.1 cm³/mol. The number of aliphatic imine (C=N–C) groups is 1. The van der Waals surface area contributed by atoms with Gasteiger partial charge in [0.2, 0.25) is 0 Å². The van der Waals surface area contributed by atoms with Crippen LogP contribution >= 0.6 is 0 Å². The molecule has 0 unspecified atom stereocenters. The third-order valence-electron chi connectivity index (χ3n) is 4.03. The van der Waals surface area contributed by atoms with Gasteiger partial charge in [0.15, 0.2) is 0 Å². The Kier molecular flexibility index (Phi) is 14.9. The fourth-order valence-corrected chi connectivity index (χ4v) is 2.71. The maximum atomic E-state index is 4.68. The van der Waals surface area contributed by atoms with E-state index >= 15 is 0 Å². The molecule has 0 heterocycles. The first-order chi connectivity index (χ1) is 10.3. The zero-order chi connectivity index (χ0) is 15.8. The fourth-order valence-electron chi connectivity index (χ4n) is 2.71. The van der Waals surface area contributed by atoms with Crippen LogP contribution in [0.2, 0.25) is 0 Å². The smallest absolute Gasteiger partial charge is 0.0391 e.